The van der Waals surface area contributed by atoms with Gasteiger partial charge < -0.3 is 21.7 Å². The first-order chi connectivity index (χ1) is 19.0. The molecule has 0 spiro atoms. The molecule has 1 saturated carbocycles. The molecule has 39 heavy (non-hydrogen) atoms. The summed E-state index contributed by atoms with van der Waals surface area (Å²) in [7, 11) is 0. The van der Waals surface area contributed by atoms with Gasteiger partial charge in [0.1, 0.15) is 11.7 Å². The molecule has 5 N–H and O–H groups in total. The maximum Gasteiger partial charge on any atom is 0.154 e. The minimum Gasteiger partial charge on any atom is -0.384 e. The summed E-state index contributed by atoms with van der Waals surface area (Å²) in [5, 5.41) is 12.9. The Labute approximate surface area is 229 Å². The molecule has 3 aromatic rings. The number of anilines is 1. The lowest BCUT2D eigenvalue weighted by Gasteiger charge is -2.40. The average Bonchev–Trinajstić information content (AvgIpc) is 2.89. The second kappa shape index (κ2) is 10.6. The van der Waals surface area contributed by atoms with Gasteiger partial charge in [0.15, 0.2) is 5.82 Å². The number of amidine groups is 1. The highest BCUT2D eigenvalue weighted by Crippen LogP contribution is 2.42. The van der Waals surface area contributed by atoms with Gasteiger partial charge in [-0.05, 0) is 73.1 Å². The number of aromatic nitrogens is 3. The Morgan fingerprint density at radius 1 is 1.18 bits per heavy atom. The van der Waals surface area contributed by atoms with Crippen LogP contribution in [0.2, 0.25) is 0 Å². The first-order valence-corrected chi connectivity index (χ1v) is 13.8. The summed E-state index contributed by atoms with van der Waals surface area (Å²) in [5.74, 6) is 2.41. The summed E-state index contributed by atoms with van der Waals surface area (Å²) < 4.78 is 0. The molecule has 8 heteroatoms. The van der Waals surface area contributed by atoms with E-state index in [0.29, 0.717) is 23.6 Å². The molecule has 200 valence electrons. The van der Waals surface area contributed by atoms with Crippen molar-refractivity contribution in [1.82, 2.24) is 25.6 Å². The van der Waals surface area contributed by atoms with Crippen LogP contribution in [-0.4, -0.2) is 39.9 Å². The highest BCUT2D eigenvalue weighted by Gasteiger charge is 2.33. The van der Waals surface area contributed by atoms with Gasteiger partial charge in [-0.2, -0.15) is 0 Å². The predicted octanol–water partition coefficient (Wildman–Crippen LogP) is 5.31. The first kappa shape index (κ1) is 25.2. The van der Waals surface area contributed by atoms with Crippen LogP contribution < -0.4 is 21.7 Å². The van der Waals surface area contributed by atoms with Gasteiger partial charge in [-0.15, -0.1) is 0 Å². The van der Waals surface area contributed by atoms with Crippen molar-refractivity contribution in [3.05, 3.63) is 78.6 Å². The highest BCUT2D eigenvalue weighted by molar-refractivity contribution is 5.97. The Kier molecular flexibility index (Phi) is 6.87. The molecular weight excluding hydrogens is 484 g/mol. The average molecular weight is 521 g/mol. The minimum absolute atomic E-state index is 0.106. The SMILES string of the molecule is CC1(C)CNCC[C@@H]1Nc1nc(-c2ccnc(N=C(N)/C=C3/C=CC=CN3)c2)cc2cncc(C3CCC3)c12. The smallest absolute Gasteiger partial charge is 0.154 e. The third kappa shape index (κ3) is 5.43. The van der Waals surface area contributed by atoms with Crippen LogP contribution in [-0.2, 0) is 0 Å². The Bertz CT molecular complexity index is 1500. The van der Waals surface area contributed by atoms with E-state index in [9.17, 15) is 0 Å². The number of piperidine rings is 1. The van der Waals surface area contributed by atoms with Gasteiger partial charge in [0.2, 0.25) is 0 Å². The summed E-state index contributed by atoms with van der Waals surface area (Å²) in [6, 6.07) is 6.36. The monoisotopic (exact) mass is 520 g/mol. The summed E-state index contributed by atoms with van der Waals surface area (Å²) in [6.45, 7) is 6.61. The number of rotatable bonds is 6. The standard InChI is InChI=1S/C31H36N8/c1-31(2)19-33-12-10-26(31)38-30-29-22(17-34-18-24(29)20-6-5-7-20)14-25(37-30)21-9-13-36-28(15-21)39-27(32)16-23-8-3-4-11-35-23/h3-4,8-9,11,13-18,20,26,33,35H,5-7,10,12,19H2,1-2H3,(H,37,38)(H2,32,36,39)/b23-16-/t26-/m0/s1. The van der Waals surface area contributed by atoms with Crippen molar-refractivity contribution in [3.63, 3.8) is 0 Å². The van der Waals surface area contributed by atoms with Gasteiger partial charge in [0.25, 0.3) is 0 Å². The first-order valence-electron chi connectivity index (χ1n) is 13.8. The molecule has 0 radical (unpaired) electrons. The fourth-order valence-electron chi connectivity index (χ4n) is 5.58. The number of dihydropyridines is 1. The molecule has 0 amide bonds. The maximum absolute atomic E-state index is 6.21. The quantitative estimate of drug-likeness (QED) is 0.257. The Morgan fingerprint density at radius 2 is 2.08 bits per heavy atom. The Hall–Kier alpha value is -4.04. The van der Waals surface area contributed by atoms with Crippen molar-refractivity contribution in [2.75, 3.05) is 18.4 Å². The third-order valence-electron chi connectivity index (χ3n) is 8.08. The van der Waals surface area contributed by atoms with E-state index in [1.54, 1.807) is 12.3 Å². The zero-order chi connectivity index (χ0) is 26.8. The van der Waals surface area contributed by atoms with Crippen LogP contribution in [0.3, 0.4) is 0 Å². The lowest BCUT2D eigenvalue weighted by molar-refractivity contribution is 0.236. The molecule has 5 heterocycles. The number of aliphatic imine (C=N–C) groups is 1. The highest BCUT2D eigenvalue weighted by atomic mass is 15.1. The van der Waals surface area contributed by atoms with E-state index in [1.165, 1.54) is 30.2 Å². The van der Waals surface area contributed by atoms with Crippen molar-refractivity contribution in [2.45, 2.75) is 51.5 Å². The van der Waals surface area contributed by atoms with E-state index in [2.05, 4.69) is 57.0 Å². The van der Waals surface area contributed by atoms with Gasteiger partial charge in [0, 0.05) is 65.5 Å². The van der Waals surface area contributed by atoms with Crippen LogP contribution in [0.25, 0.3) is 22.0 Å². The molecule has 1 saturated heterocycles. The molecular formula is C31H36N8. The fourth-order valence-corrected chi connectivity index (χ4v) is 5.58. The van der Waals surface area contributed by atoms with Crippen LogP contribution in [0.1, 0.15) is 51.0 Å². The summed E-state index contributed by atoms with van der Waals surface area (Å²) >= 11 is 0. The lowest BCUT2D eigenvalue weighted by Crippen LogP contribution is -2.49. The van der Waals surface area contributed by atoms with Crippen LogP contribution in [0.5, 0.6) is 0 Å². The van der Waals surface area contributed by atoms with Crippen LogP contribution >= 0.6 is 0 Å². The number of hydrogen-bond acceptors (Lipinski definition) is 7. The van der Waals surface area contributed by atoms with E-state index in [4.69, 9.17) is 10.7 Å². The Balaban J connectivity index is 1.40. The predicted molar refractivity (Wildman–Crippen MR) is 159 cm³/mol. The van der Waals surface area contributed by atoms with Gasteiger partial charge in [0.05, 0.1) is 5.69 Å². The number of nitrogens with two attached hydrogens (primary N) is 1. The zero-order valence-corrected chi connectivity index (χ0v) is 22.6. The largest absolute Gasteiger partial charge is 0.384 e. The number of nitrogens with zero attached hydrogens (tertiary/aromatic N) is 4. The van der Waals surface area contributed by atoms with Crippen molar-refractivity contribution in [3.8, 4) is 11.3 Å². The number of allylic oxidation sites excluding steroid dienone is 3. The van der Waals surface area contributed by atoms with Crippen molar-refractivity contribution in [2.24, 2.45) is 16.1 Å². The molecule has 1 atom stereocenters. The fraction of sp³-hybridized carbons (Fsp3) is 0.355. The minimum atomic E-state index is 0.106. The van der Waals surface area contributed by atoms with Gasteiger partial charge in [-0.3, -0.25) is 4.98 Å². The normalized spacial score (nSPS) is 22.1. The van der Waals surface area contributed by atoms with E-state index < -0.39 is 0 Å². The Morgan fingerprint density at radius 3 is 2.85 bits per heavy atom. The summed E-state index contributed by atoms with van der Waals surface area (Å²) in [5.41, 5.74) is 10.3. The molecule has 1 aliphatic carbocycles. The molecule has 8 nitrogen and oxygen atoms in total. The number of pyridine rings is 3. The number of hydrogen-bond donors (Lipinski definition) is 4. The van der Waals surface area contributed by atoms with E-state index in [-0.39, 0.29) is 5.41 Å². The lowest BCUT2D eigenvalue weighted by atomic mass is 9.78. The third-order valence-corrected chi connectivity index (χ3v) is 8.08. The maximum atomic E-state index is 6.21. The van der Waals surface area contributed by atoms with Gasteiger partial charge >= 0.3 is 0 Å². The topological polar surface area (TPSA) is 113 Å². The number of nitrogens with one attached hydrogen (secondary N) is 3. The van der Waals surface area contributed by atoms with Crippen LogP contribution in [0.4, 0.5) is 11.6 Å². The second-order valence-electron chi connectivity index (χ2n) is 11.4. The summed E-state index contributed by atoms with van der Waals surface area (Å²) in [4.78, 5) is 18.9. The van der Waals surface area contributed by atoms with Crippen molar-refractivity contribution in [1.29, 1.82) is 0 Å². The molecule has 2 fully saturated rings. The van der Waals surface area contributed by atoms with Crippen LogP contribution in [0, 0.1) is 5.41 Å². The number of fused-ring (bicyclic) bond motifs is 1. The van der Waals surface area contributed by atoms with Crippen LogP contribution in [0.15, 0.2) is 78.0 Å². The molecule has 2 aliphatic heterocycles. The second-order valence-corrected chi connectivity index (χ2v) is 11.4. The molecule has 0 unspecified atom stereocenters. The van der Waals surface area contributed by atoms with E-state index >= 15 is 0 Å². The van der Waals surface area contributed by atoms with E-state index in [1.807, 2.05) is 42.8 Å². The van der Waals surface area contributed by atoms with E-state index in [0.717, 1.165) is 47.7 Å². The van der Waals surface area contributed by atoms with Gasteiger partial charge in [-0.25, -0.2) is 15.0 Å². The molecule has 3 aliphatic rings. The molecule has 0 bridgehead atoms. The summed E-state index contributed by atoms with van der Waals surface area (Å²) in [6.07, 6.45) is 20.0. The van der Waals surface area contributed by atoms with Crippen molar-refractivity contribution >= 4 is 28.2 Å². The molecule has 6 rings (SSSR count). The molecule has 0 aromatic carbocycles. The van der Waals surface area contributed by atoms with Crippen molar-refractivity contribution < 1.29 is 0 Å². The van der Waals surface area contributed by atoms with Gasteiger partial charge in [-0.1, -0.05) is 26.3 Å². The zero-order valence-electron chi connectivity index (χ0n) is 22.6. The molecule has 3 aromatic heterocycles.